The van der Waals surface area contributed by atoms with Crippen molar-refractivity contribution < 1.29 is 18.3 Å². The number of phenols is 1. The van der Waals surface area contributed by atoms with Crippen molar-refractivity contribution in [3.63, 3.8) is 0 Å². The molecule has 1 heterocycles. The number of aromatic amines is 1. The molecule has 3 N–H and O–H groups in total. The van der Waals surface area contributed by atoms with Gasteiger partial charge in [-0.2, -0.15) is 5.10 Å². The van der Waals surface area contributed by atoms with Gasteiger partial charge in [0.1, 0.15) is 11.4 Å². The number of H-pyrrole nitrogens is 1. The van der Waals surface area contributed by atoms with Crippen molar-refractivity contribution in [3.8, 4) is 17.0 Å². The zero-order valence-electron chi connectivity index (χ0n) is 12.9. The molecule has 0 fully saturated rings. The number of nitrogens with one attached hydrogen (secondary N) is 2. The fourth-order valence-electron chi connectivity index (χ4n) is 1.86. The van der Waals surface area contributed by atoms with Gasteiger partial charge in [-0.1, -0.05) is 0 Å². The molecule has 7 nitrogen and oxygen atoms in total. The molecule has 0 unspecified atom stereocenters. The Bertz CT molecular complexity index is 779. The van der Waals surface area contributed by atoms with E-state index < -0.39 is 21.0 Å². The minimum absolute atomic E-state index is 0.0485. The lowest BCUT2D eigenvalue weighted by molar-refractivity contribution is 0.0951. The summed E-state index contributed by atoms with van der Waals surface area (Å²) in [4.78, 5) is 12.0. The SMILES string of the molecule is CC(C)S(=O)(=O)CCNC(=O)c1cc(-c2ccc(O)cc2)n[nH]1. The van der Waals surface area contributed by atoms with E-state index in [9.17, 15) is 18.3 Å². The fraction of sp³-hybridized carbons (Fsp3) is 0.333. The van der Waals surface area contributed by atoms with Crippen molar-refractivity contribution in [1.82, 2.24) is 15.5 Å². The molecule has 2 rings (SSSR count). The van der Waals surface area contributed by atoms with Gasteiger partial charge in [-0.3, -0.25) is 9.89 Å². The summed E-state index contributed by atoms with van der Waals surface area (Å²) < 4.78 is 23.3. The standard InChI is InChI=1S/C15H19N3O4S/c1-10(2)23(21,22)8-7-16-15(20)14-9-13(17-18-14)11-3-5-12(19)6-4-11/h3-6,9-10,19H,7-8H2,1-2H3,(H,16,20)(H,17,18). The number of hydrogen-bond donors (Lipinski definition) is 3. The maximum atomic E-state index is 12.0. The maximum Gasteiger partial charge on any atom is 0.269 e. The summed E-state index contributed by atoms with van der Waals surface area (Å²) in [6.45, 7) is 3.26. The minimum atomic E-state index is -3.18. The van der Waals surface area contributed by atoms with E-state index in [-0.39, 0.29) is 23.7 Å². The highest BCUT2D eigenvalue weighted by Gasteiger charge is 2.17. The van der Waals surface area contributed by atoms with Crippen LogP contribution in [0.1, 0.15) is 24.3 Å². The number of carbonyl (C=O) groups excluding carboxylic acids is 1. The second-order valence-electron chi connectivity index (χ2n) is 5.39. The molecule has 0 saturated heterocycles. The number of carbonyl (C=O) groups is 1. The molecule has 124 valence electrons. The number of hydrogen-bond acceptors (Lipinski definition) is 5. The van der Waals surface area contributed by atoms with Crippen LogP contribution < -0.4 is 5.32 Å². The first kappa shape index (κ1) is 17.0. The third-order valence-corrected chi connectivity index (χ3v) is 5.59. The molecular formula is C15H19N3O4S. The van der Waals surface area contributed by atoms with E-state index in [0.717, 1.165) is 5.56 Å². The van der Waals surface area contributed by atoms with Gasteiger partial charge < -0.3 is 10.4 Å². The van der Waals surface area contributed by atoms with Gasteiger partial charge in [-0.15, -0.1) is 0 Å². The minimum Gasteiger partial charge on any atom is -0.508 e. The van der Waals surface area contributed by atoms with Gasteiger partial charge in [-0.05, 0) is 44.2 Å². The predicted molar refractivity (Wildman–Crippen MR) is 86.9 cm³/mol. The molecule has 2 aromatic rings. The monoisotopic (exact) mass is 337 g/mol. The zero-order chi connectivity index (χ0) is 17.0. The summed E-state index contributed by atoms with van der Waals surface area (Å²) >= 11 is 0. The van der Waals surface area contributed by atoms with Crippen LogP contribution in [-0.2, 0) is 9.84 Å². The molecule has 0 saturated carbocycles. The summed E-state index contributed by atoms with van der Waals surface area (Å²) in [6, 6.07) is 7.99. The average Bonchev–Trinajstić information content (AvgIpc) is 2.97. The first-order valence-electron chi connectivity index (χ1n) is 7.14. The number of phenolic OH excluding ortho intramolecular Hbond substituents is 1. The zero-order valence-corrected chi connectivity index (χ0v) is 13.7. The lowest BCUT2D eigenvalue weighted by Crippen LogP contribution is -2.31. The Morgan fingerprint density at radius 2 is 1.96 bits per heavy atom. The Morgan fingerprint density at radius 1 is 1.30 bits per heavy atom. The lowest BCUT2D eigenvalue weighted by atomic mass is 10.1. The highest BCUT2D eigenvalue weighted by atomic mass is 32.2. The molecule has 23 heavy (non-hydrogen) atoms. The van der Waals surface area contributed by atoms with Crippen molar-refractivity contribution in [2.75, 3.05) is 12.3 Å². The van der Waals surface area contributed by atoms with E-state index >= 15 is 0 Å². The second-order valence-corrected chi connectivity index (χ2v) is 8.06. The van der Waals surface area contributed by atoms with E-state index in [4.69, 9.17) is 0 Å². The molecule has 0 radical (unpaired) electrons. The lowest BCUT2D eigenvalue weighted by Gasteiger charge is -2.07. The van der Waals surface area contributed by atoms with E-state index in [1.807, 2.05) is 0 Å². The number of rotatable bonds is 6. The van der Waals surface area contributed by atoms with E-state index in [0.29, 0.717) is 5.69 Å². The molecular weight excluding hydrogens is 318 g/mol. The first-order valence-corrected chi connectivity index (χ1v) is 8.86. The van der Waals surface area contributed by atoms with Gasteiger partial charge in [0.05, 0.1) is 16.7 Å². The quantitative estimate of drug-likeness (QED) is 0.736. The van der Waals surface area contributed by atoms with Gasteiger partial charge in [0.2, 0.25) is 0 Å². The van der Waals surface area contributed by atoms with Gasteiger partial charge in [0.15, 0.2) is 9.84 Å². The van der Waals surface area contributed by atoms with E-state index in [2.05, 4.69) is 15.5 Å². The van der Waals surface area contributed by atoms with Crippen LogP contribution in [0.5, 0.6) is 5.75 Å². The number of aromatic nitrogens is 2. The predicted octanol–water partition coefficient (Wildman–Crippen LogP) is 1.34. The summed E-state index contributed by atoms with van der Waals surface area (Å²) in [6.07, 6.45) is 0. The van der Waals surface area contributed by atoms with Crippen LogP contribution >= 0.6 is 0 Å². The van der Waals surface area contributed by atoms with Crippen molar-refractivity contribution in [2.24, 2.45) is 0 Å². The maximum absolute atomic E-state index is 12.0. The molecule has 1 aromatic heterocycles. The third-order valence-electron chi connectivity index (χ3n) is 3.38. The van der Waals surface area contributed by atoms with Crippen molar-refractivity contribution >= 4 is 15.7 Å². The highest BCUT2D eigenvalue weighted by molar-refractivity contribution is 7.92. The second kappa shape index (κ2) is 6.82. The Labute approximate surface area is 134 Å². The molecule has 0 bridgehead atoms. The number of sulfone groups is 1. The van der Waals surface area contributed by atoms with E-state index in [1.54, 1.807) is 32.0 Å². The molecule has 0 aliphatic carbocycles. The Kier molecular flexibility index (Phi) is 5.05. The fourth-order valence-corrected chi connectivity index (χ4v) is 2.71. The van der Waals surface area contributed by atoms with Gasteiger partial charge in [0.25, 0.3) is 5.91 Å². The summed E-state index contributed by atoms with van der Waals surface area (Å²) in [5.41, 5.74) is 1.56. The van der Waals surface area contributed by atoms with Crippen LogP contribution in [0, 0.1) is 0 Å². The number of nitrogens with zero attached hydrogens (tertiary/aromatic N) is 1. The normalized spacial score (nSPS) is 11.6. The van der Waals surface area contributed by atoms with Crippen molar-refractivity contribution in [2.45, 2.75) is 19.1 Å². The molecule has 8 heteroatoms. The van der Waals surface area contributed by atoms with E-state index in [1.165, 1.54) is 12.1 Å². The van der Waals surface area contributed by atoms with Crippen molar-refractivity contribution in [3.05, 3.63) is 36.0 Å². The van der Waals surface area contributed by atoms with Gasteiger partial charge in [0, 0.05) is 12.1 Å². The molecule has 0 aliphatic rings. The average molecular weight is 337 g/mol. The van der Waals surface area contributed by atoms with Gasteiger partial charge in [-0.25, -0.2) is 8.42 Å². The Hall–Kier alpha value is -2.35. The van der Waals surface area contributed by atoms with Crippen LogP contribution in [0.25, 0.3) is 11.3 Å². The van der Waals surface area contributed by atoms with Crippen LogP contribution in [0.4, 0.5) is 0 Å². The van der Waals surface area contributed by atoms with Gasteiger partial charge >= 0.3 is 0 Å². The van der Waals surface area contributed by atoms with Crippen LogP contribution in [-0.4, -0.2) is 47.2 Å². The molecule has 1 amide bonds. The summed E-state index contributed by atoms with van der Waals surface area (Å²) in [5, 5.41) is 18.0. The smallest absolute Gasteiger partial charge is 0.269 e. The number of benzene rings is 1. The number of aromatic hydroxyl groups is 1. The number of amides is 1. The van der Waals surface area contributed by atoms with Crippen LogP contribution in [0.3, 0.4) is 0 Å². The topological polar surface area (TPSA) is 112 Å². The first-order chi connectivity index (χ1) is 10.8. The summed E-state index contributed by atoms with van der Waals surface area (Å²) in [5.74, 6) is -0.370. The third kappa shape index (κ3) is 4.32. The Morgan fingerprint density at radius 3 is 2.57 bits per heavy atom. The molecule has 0 aliphatic heterocycles. The molecule has 0 spiro atoms. The van der Waals surface area contributed by atoms with Crippen molar-refractivity contribution in [1.29, 1.82) is 0 Å². The van der Waals surface area contributed by atoms with Crippen LogP contribution in [0.15, 0.2) is 30.3 Å². The molecule has 0 atom stereocenters. The molecule has 1 aromatic carbocycles. The van der Waals surface area contributed by atoms with Crippen LogP contribution in [0.2, 0.25) is 0 Å². The highest BCUT2D eigenvalue weighted by Crippen LogP contribution is 2.20. The largest absolute Gasteiger partial charge is 0.508 e. The Balaban J connectivity index is 1.98. The summed E-state index contributed by atoms with van der Waals surface area (Å²) in [7, 11) is -3.18.